The Balaban J connectivity index is 2.28. The third kappa shape index (κ3) is 6.51. The van der Waals surface area contributed by atoms with Gasteiger partial charge in [-0.2, -0.15) is 0 Å². The zero-order valence-electron chi connectivity index (χ0n) is 19.8. The summed E-state index contributed by atoms with van der Waals surface area (Å²) in [6.07, 6.45) is 2.25. The molecule has 1 aromatic rings. The van der Waals surface area contributed by atoms with Crippen molar-refractivity contribution in [2.24, 2.45) is 0 Å². The van der Waals surface area contributed by atoms with Crippen LogP contribution in [0.5, 0.6) is 11.5 Å². The molecule has 0 unspecified atom stereocenters. The molecule has 0 aliphatic heterocycles. The first-order valence-corrected chi connectivity index (χ1v) is 10.8. The summed E-state index contributed by atoms with van der Waals surface area (Å²) in [5, 5.41) is 8.21. The highest BCUT2D eigenvalue weighted by molar-refractivity contribution is 5.94. The van der Waals surface area contributed by atoms with E-state index in [9.17, 15) is 14.4 Å². The molecule has 1 aliphatic carbocycles. The van der Waals surface area contributed by atoms with Crippen molar-refractivity contribution in [1.29, 1.82) is 0 Å². The van der Waals surface area contributed by atoms with Gasteiger partial charge in [-0.1, -0.05) is 18.9 Å². The monoisotopic (exact) mass is 449 g/mol. The van der Waals surface area contributed by atoms with Crippen LogP contribution in [-0.2, 0) is 20.7 Å². The highest BCUT2D eigenvalue weighted by atomic mass is 16.6. The number of likely N-dealkylation sites (N-methyl/N-ethyl adjacent to an activating group) is 1. The maximum atomic E-state index is 13.3. The van der Waals surface area contributed by atoms with E-state index in [1.54, 1.807) is 46.0 Å². The van der Waals surface area contributed by atoms with E-state index >= 15 is 0 Å². The van der Waals surface area contributed by atoms with Crippen molar-refractivity contribution < 1.29 is 28.6 Å². The van der Waals surface area contributed by atoms with Crippen LogP contribution in [0.1, 0.15) is 52.0 Å². The Kier molecular flexibility index (Phi) is 8.35. The summed E-state index contributed by atoms with van der Waals surface area (Å²) in [4.78, 5) is 38.3. The SMILES string of the molecule is CNC(=O)C1(NC(=O)[C@H](Cc2ccc(OC)c(OC)c2)NC(=O)OC(C)(C)C)CCCC1. The lowest BCUT2D eigenvalue weighted by Gasteiger charge is -2.31. The van der Waals surface area contributed by atoms with Gasteiger partial charge in [-0.05, 0) is 51.3 Å². The van der Waals surface area contributed by atoms with Crippen molar-refractivity contribution in [3.63, 3.8) is 0 Å². The van der Waals surface area contributed by atoms with Gasteiger partial charge in [0, 0.05) is 13.5 Å². The molecule has 1 fully saturated rings. The maximum Gasteiger partial charge on any atom is 0.408 e. The van der Waals surface area contributed by atoms with E-state index in [0.717, 1.165) is 18.4 Å². The fraction of sp³-hybridized carbons (Fsp3) is 0.609. The molecule has 0 aromatic heterocycles. The van der Waals surface area contributed by atoms with Crippen LogP contribution in [0.4, 0.5) is 4.79 Å². The lowest BCUT2D eigenvalue weighted by Crippen LogP contribution is -2.61. The number of hydrogen-bond acceptors (Lipinski definition) is 6. The number of hydrogen-bond donors (Lipinski definition) is 3. The van der Waals surface area contributed by atoms with Crippen molar-refractivity contribution in [2.75, 3.05) is 21.3 Å². The molecular formula is C23H35N3O6. The number of carbonyl (C=O) groups excluding carboxylic acids is 3. The summed E-state index contributed by atoms with van der Waals surface area (Å²) in [6.45, 7) is 5.24. The first kappa shape index (κ1) is 25.3. The summed E-state index contributed by atoms with van der Waals surface area (Å²) in [6, 6.07) is 4.33. The molecule has 32 heavy (non-hydrogen) atoms. The van der Waals surface area contributed by atoms with Gasteiger partial charge in [0.25, 0.3) is 0 Å². The molecule has 1 aliphatic rings. The Morgan fingerprint density at radius 1 is 1.06 bits per heavy atom. The van der Waals surface area contributed by atoms with Gasteiger partial charge in [-0.15, -0.1) is 0 Å². The second-order valence-electron chi connectivity index (χ2n) is 8.95. The predicted octanol–water partition coefficient (Wildman–Crippen LogP) is 2.31. The Hall–Kier alpha value is -2.97. The molecule has 9 heteroatoms. The second-order valence-corrected chi connectivity index (χ2v) is 8.95. The summed E-state index contributed by atoms with van der Waals surface area (Å²) in [5.74, 6) is 0.391. The molecule has 0 bridgehead atoms. The zero-order chi connectivity index (χ0) is 23.9. The molecule has 0 heterocycles. The average Bonchev–Trinajstić information content (AvgIpc) is 3.20. The van der Waals surface area contributed by atoms with Gasteiger partial charge in [0.15, 0.2) is 11.5 Å². The van der Waals surface area contributed by atoms with Crippen LogP contribution in [0, 0.1) is 0 Å². The van der Waals surface area contributed by atoms with E-state index in [0.29, 0.717) is 24.3 Å². The quantitative estimate of drug-likeness (QED) is 0.561. The molecule has 1 aromatic carbocycles. The molecule has 0 spiro atoms. The Bertz CT molecular complexity index is 828. The highest BCUT2D eigenvalue weighted by Gasteiger charge is 2.43. The molecule has 3 N–H and O–H groups in total. The lowest BCUT2D eigenvalue weighted by atomic mass is 9.95. The Labute approximate surface area is 189 Å². The maximum absolute atomic E-state index is 13.3. The van der Waals surface area contributed by atoms with Gasteiger partial charge in [0.2, 0.25) is 11.8 Å². The van der Waals surface area contributed by atoms with E-state index in [4.69, 9.17) is 14.2 Å². The number of methoxy groups -OCH3 is 2. The molecule has 9 nitrogen and oxygen atoms in total. The topological polar surface area (TPSA) is 115 Å². The zero-order valence-corrected chi connectivity index (χ0v) is 19.8. The van der Waals surface area contributed by atoms with Crippen LogP contribution in [0.25, 0.3) is 0 Å². The Morgan fingerprint density at radius 3 is 2.22 bits per heavy atom. The van der Waals surface area contributed by atoms with Crippen molar-refractivity contribution >= 4 is 17.9 Å². The highest BCUT2D eigenvalue weighted by Crippen LogP contribution is 2.31. The van der Waals surface area contributed by atoms with Crippen LogP contribution >= 0.6 is 0 Å². The van der Waals surface area contributed by atoms with Crippen LogP contribution in [0.15, 0.2) is 18.2 Å². The Morgan fingerprint density at radius 2 is 1.69 bits per heavy atom. The second kappa shape index (κ2) is 10.6. The van der Waals surface area contributed by atoms with Gasteiger partial charge >= 0.3 is 6.09 Å². The van der Waals surface area contributed by atoms with Gasteiger partial charge in [-0.3, -0.25) is 9.59 Å². The number of ether oxygens (including phenoxy) is 3. The smallest absolute Gasteiger partial charge is 0.408 e. The number of amides is 3. The summed E-state index contributed by atoms with van der Waals surface area (Å²) >= 11 is 0. The molecule has 2 rings (SSSR count). The van der Waals surface area contributed by atoms with E-state index in [1.807, 2.05) is 0 Å². The summed E-state index contributed by atoms with van der Waals surface area (Å²) in [7, 11) is 4.62. The summed E-state index contributed by atoms with van der Waals surface area (Å²) in [5.41, 5.74) is -0.945. The van der Waals surface area contributed by atoms with Gasteiger partial charge in [0.05, 0.1) is 14.2 Å². The van der Waals surface area contributed by atoms with Crippen LogP contribution in [0.2, 0.25) is 0 Å². The van der Waals surface area contributed by atoms with Gasteiger partial charge < -0.3 is 30.2 Å². The van der Waals surface area contributed by atoms with Gasteiger partial charge in [0.1, 0.15) is 17.2 Å². The average molecular weight is 450 g/mol. The van der Waals surface area contributed by atoms with Crippen LogP contribution in [0.3, 0.4) is 0 Å². The fourth-order valence-corrected chi connectivity index (χ4v) is 3.85. The number of rotatable bonds is 8. The van der Waals surface area contributed by atoms with E-state index in [2.05, 4.69) is 16.0 Å². The molecule has 178 valence electrons. The predicted molar refractivity (Wildman–Crippen MR) is 120 cm³/mol. The minimum Gasteiger partial charge on any atom is -0.493 e. The standard InChI is InChI=1S/C23H35N3O6/c1-22(2,3)32-21(29)25-16(13-15-9-10-17(30-5)18(14-15)31-6)19(27)26-23(20(28)24-4)11-7-8-12-23/h9-10,14,16H,7-8,11-13H2,1-6H3,(H,24,28)(H,25,29)(H,26,27)/t16-/m0/s1. The largest absolute Gasteiger partial charge is 0.493 e. The minimum atomic E-state index is -0.975. The molecule has 0 radical (unpaired) electrons. The van der Waals surface area contributed by atoms with E-state index in [1.165, 1.54) is 14.2 Å². The third-order valence-electron chi connectivity index (χ3n) is 5.38. The minimum absolute atomic E-state index is 0.176. The molecule has 0 saturated heterocycles. The van der Waals surface area contributed by atoms with Crippen molar-refractivity contribution in [3.8, 4) is 11.5 Å². The number of carbonyl (C=O) groups is 3. The van der Waals surface area contributed by atoms with E-state index < -0.39 is 29.2 Å². The van der Waals surface area contributed by atoms with Crippen molar-refractivity contribution in [3.05, 3.63) is 23.8 Å². The normalized spacial score (nSPS) is 15.9. The molecule has 1 saturated carbocycles. The number of alkyl carbamates (subject to hydrolysis) is 1. The van der Waals surface area contributed by atoms with E-state index in [-0.39, 0.29) is 12.3 Å². The third-order valence-corrected chi connectivity index (χ3v) is 5.38. The number of benzene rings is 1. The van der Waals surface area contributed by atoms with Crippen molar-refractivity contribution in [2.45, 2.75) is 70.1 Å². The number of nitrogens with one attached hydrogen (secondary N) is 3. The molecular weight excluding hydrogens is 414 g/mol. The lowest BCUT2D eigenvalue weighted by molar-refractivity contribution is -0.134. The van der Waals surface area contributed by atoms with Crippen molar-refractivity contribution in [1.82, 2.24) is 16.0 Å². The molecule has 3 amide bonds. The first-order chi connectivity index (χ1) is 15.0. The summed E-state index contributed by atoms with van der Waals surface area (Å²) < 4.78 is 16.0. The first-order valence-electron chi connectivity index (χ1n) is 10.8. The van der Waals surface area contributed by atoms with Crippen LogP contribution < -0.4 is 25.4 Å². The fourth-order valence-electron chi connectivity index (χ4n) is 3.85. The van der Waals surface area contributed by atoms with Gasteiger partial charge in [-0.25, -0.2) is 4.79 Å². The van der Waals surface area contributed by atoms with Crippen LogP contribution in [-0.4, -0.2) is 56.4 Å². The molecule has 1 atom stereocenters.